The third-order valence-electron chi connectivity index (χ3n) is 8.62. The molecule has 1 aromatic heterocycles. The Morgan fingerprint density at radius 3 is 1.57 bits per heavy atom. The van der Waals surface area contributed by atoms with Crippen molar-refractivity contribution in [2.75, 3.05) is 36.0 Å². The van der Waals surface area contributed by atoms with Crippen LogP contribution in [0.25, 0.3) is 23.8 Å². The van der Waals surface area contributed by atoms with Crippen LogP contribution in [0.2, 0.25) is 0 Å². The summed E-state index contributed by atoms with van der Waals surface area (Å²) in [6.45, 7) is 22.8. The van der Waals surface area contributed by atoms with Crippen LogP contribution < -0.4 is 14.4 Å². The zero-order chi connectivity index (χ0) is 34.3. The SMILES string of the molecule is CC.CCC.CCCC.CCCC/C(=C\c1cccc(/C=C/c2ccc(N3CCCC3)cc2)[n+]1CC)c1ccc(N2CCCC2)cc1. The van der Waals surface area contributed by atoms with Gasteiger partial charge < -0.3 is 9.80 Å². The normalized spacial score (nSPS) is 14.3. The molecule has 2 aliphatic heterocycles. The standard InChI is InChI=1S/C35H44N3.C4H10.C3H8.C2H6/c1-3-5-11-31(30-17-22-33(23-18-30)37-26-8-9-27-37)28-35-13-10-12-34(38(35)4-2)21-16-29-14-19-32(20-15-29)36-24-6-7-25-36;1-3-4-2;1-3-2;1-2/h10,12-23,28H,3-9,11,24-27H2,1-2H3;3-4H2,1-2H3;3H2,1-2H3;1-2H3/q+1;;;. The molecule has 3 heteroatoms. The molecule has 2 aliphatic rings. The maximum Gasteiger partial charge on any atom is 0.205 e. The van der Waals surface area contributed by atoms with Crippen molar-refractivity contribution in [1.82, 2.24) is 0 Å². The number of unbranched alkanes of at least 4 members (excludes halogenated alkanes) is 2. The van der Waals surface area contributed by atoms with E-state index in [1.165, 1.54) is 123 Å². The van der Waals surface area contributed by atoms with Crippen molar-refractivity contribution in [3.05, 3.63) is 89.2 Å². The zero-order valence-electron chi connectivity index (χ0n) is 31.5. The van der Waals surface area contributed by atoms with Crippen molar-refractivity contribution in [1.29, 1.82) is 0 Å². The first-order chi connectivity index (χ1) is 23.1. The lowest BCUT2D eigenvalue weighted by molar-refractivity contribution is -0.696. The second kappa shape index (κ2) is 23.9. The first kappa shape index (κ1) is 39.8. The monoisotopic (exact) mass is 639 g/mol. The highest BCUT2D eigenvalue weighted by molar-refractivity contribution is 5.80. The Morgan fingerprint density at radius 1 is 0.617 bits per heavy atom. The molecular formula is C44H68N3+. The molecule has 47 heavy (non-hydrogen) atoms. The Hall–Kier alpha value is -3.33. The molecule has 2 fully saturated rings. The van der Waals surface area contributed by atoms with E-state index in [0.717, 1.165) is 13.0 Å². The topological polar surface area (TPSA) is 10.4 Å². The zero-order valence-corrected chi connectivity index (χ0v) is 31.5. The molecule has 5 rings (SSSR count). The van der Waals surface area contributed by atoms with Gasteiger partial charge in [-0.3, -0.25) is 0 Å². The second-order valence-electron chi connectivity index (χ2n) is 12.5. The van der Waals surface area contributed by atoms with E-state index in [2.05, 4.69) is 141 Å². The van der Waals surface area contributed by atoms with Gasteiger partial charge in [-0.05, 0) is 98.6 Å². The molecule has 2 saturated heterocycles. The maximum atomic E-state index is 2.51. The smallest absolute Gasteiger partial charge is 0.205 e. The molecule has 0 atom stereocenters. The third-order valence-corrected chi connectivity index (χ3v) is 8.62. The number of hydrogen-bond donors (Lipinski definition) is 0. The highest BCUT2D eigenvalue weighted by atomic mass is 15.1. The molecule has 0 amide bonds. The van der Waals surface area contributed by atoms with Crippen LogP contribution in [0, 0.1) is 0 Å². The molecule has 0 aliphatic carbocycles. The van der Waals surface area contributed by atoms with Gasteiger partial charge >= 0.3 is 0 Å². The molecule has 0 N–H and O–H groups in total. The molecule has 0 spiro atoms. The Morgan fingerprint density at radius 2 is 1.11 bits per heavy atom. The van der Waals surface area contributed by atoms with Gasteiger partial charge in [-0.2, -0.15) is 4.57 Å². The predicted molar refractivity (Wildman–Crippen MR) is 212 cm³/mol. The van der Waals surface area contributed by atoms with Gasteiger partial charge in [0.25, 0.3) is 0 Å². The molecule has 0 unspecified atom stereocenters. The first-order valence-corrected chi connectivity index (χ1v) is 19.2. The fraction of sp³-hybridized carbons (Fsp3) is 0.523. The number of hydrogen-bond acceptors (Lipinski definition) is 2. The molecular weight excluding hydrogens is 571 g/mol. The van der Waals surface area contributed by atoms with Gasteiger partial charge in [0.2, 0.25) is 11.4 Å². The number of aromatic nitrogens is 1. The van der Waals surface area contributed by atoms with Gasteiger partial charge in [0.1, 0.15) is 6.54 Å². The number of allylic oxidation sites excluding steroid dienone is 1. The Labute approximate surface area is 290 Å². The van der Waals surface area contributed by atoms with Crippen LogP contribution in [0.1, 0.15) is 142 Å². The second-order valence-corrected chi connectivity index (χ2v) is 12.5. The fourth-order valence-corrected chi connectivity index (χ4v) is 5.87. The maximum absolute atomic E-state index is 2.51. The van der Waals surface area contributed by atoms with Gasteiger partial charge in [0.05, 0.1) is 0 Å². The molecule has 0 bridgehead atoms. The van der Waals surface area contributed by atoms with Gasteiger partial charge in [0.15, 0.2) is 0 Å². The van der Waals surface area contributed by atoms with Crippen molar-refractivity contribution in [3.8, 4) is 0 Å². The van der Waals surface area contributed by atoms with E-state index in [9.17, 15) is 0 Å². The van der Waals surface area contributed by atoms with E-state index in [-0.39, 0.29) is 0 Å². The van der Waals surface area contributed by atoms with Crippen molar-refractivity contribution in [3.63, 3.8) is 0 Å². The highest BCUT2D eigenvalue weighted by Crippen LogP contribution is 2.27. The van der Waals surface area contributed by atoms with Crippen LogP contribution in [0.3, 0.4) is 0 Å². The van der Waals surface area contributed by atoms with Crippen molar-refractivity contribution in [2.45, 2.75) is 126 Å². The summed E-state index contributed by atoms with van der Waals surface area (Å²) in [5.74, 6) is 0. The first-order valence-electron chi connectivity index (χ1n) is 19.2. The molecule has 2 aromatic carbocycles. The highest BCUT2D eigenvalue weighted by Gasteiger charge is 2.15. The van der Waals surface area contributed by atoms with E-state index in [0.29, 0.717) is 0 Å². The summed E-state index contributed by atoms with van der Waals surface area (Å²) in [5.41, 5.74) is 9.26. The Balaban J connectivity index is 0.000000769. The van der Waals surface area contributed by atoms with Crippen LogP contribution in [-0.2, 0) is 6.54 Å². The minimum absolute atomic E-state index is 0.940. The van der Waals surface area contributed by atoms with Crippen LogP contribution in [0.15, 0.2) is 66.7 Å². The van der Waals surface area contributed by atoms with E-state index in [4.69, 9.17) is 0 Å². The molecule has 258 valence electrons. The number of benzene rings is 2. The summed E-state index contributed by atoms with van der Waals surface area (Å²) in [6, 6.07) is 25.0. The summed E-state index contributed by atoms with van der Waals surface area (Å²) >= 11 is 0. The summed E-state index contributed by atoms with van der Waals surface area (Å²) < 4.78 is 2.43. The van der Waals surface area contributed by atoms with E-state index < -0.39 is 0 Å². The fourth-order valence-electron chi connectivity index (χ4n) is 5.87. The largest absolute Gasteiger partial charge is 0.372 e. The third kappa shape index (κ3) is 13.4. The molecule has 0 radical (unpaired) electrons. The van der Waals surface area contributed by atoms with Crippen LogP contribution in [0.5, 0.6) is 0 Å². The number of anilines is 2. The Bertz CT molecular complexity index is 1270. The lowest BCUT2D eigenvalue weighted by Gasteiger charge is -2.18. The average molecular weight is 639 g/mol. The van der Waals surface area contributed by atoms with E-state index >= 15 is 0 Å². The molecule has 3 nitrogen and oxygen atoms in total. The van der Waals surface area contributed by atoms with Gasteiger partial charge in [-0.15, -0.1) is 0 Å². The quantitative estimate of drug-likeness (QED) is 0.193. The minimum Gasteiger partial charge on any atom is -0.372 e. The molecule has 3 heterocycles. The van der Waals surface area contributed by atoms with Crippen molar-refractivity contribution < 1.29 is 4.57 Å². The Kier molecular flexibility index (Phi) is 20.3. The van der Waals surface area contributed by atoms with Gasteiger partial charge in [0, 0.05) is 61.8 Å². The molecule has 0 saturated carbocycles. The van der Waals surface area contributed by atoms with Crippen LogP contribution >= 0.6 is 0 Å². The average Bonchev–Trinajstić information content (AvgIpc) is 3.87. The summed E-state index contributed by atoms with van der Waals surface area (Å²) in [4.78, 5) is 5.00. The summed E-state index contributed by atoms with van der Waals surface area (Å²) in [6.07, 6.45) is 19.6. The van der Waals surface area contributed by atoms with Crippen LogP contribution in [-0.4, -0.2) is 26.2 Å². The predicted octanol–water partition coefficient (Wildman–Crippen LogP) is 12.3. The van der Waals surface area contributed by atoms with Crippen molar-refractivity contribution in [2.24, 2.45) is 0 Å². The minimum atomic E-state index is 0.940. The number of rotatable bonds is 11. The summed E-state index contributed by atoms with van der Waals surface area (Å²) in [7, 11) is 0. The van der Waals surface area contributed by atoms with Crippen LogP contribution in [0.4, 0.5) is 11.4 Å². The number of nitrogens with zero attached hydrogens (tertiary/aromatic N) is 3. The van der Waals surface area contributed by atoms with Gasteiger partial charge in [-0.1, -0.05) is 98.4 Å². The summed E-state index contributed by atoms with van der Waals surface area (Å²) in [5, 5.41) is 0. The van der Waals surface area contributed by atoms with Crippen molar-refractivity contribution >= 4 is 35.2 Å². The molecule has 3 aromatic rings. The van der Waals surface area contributed by atoms with E-state index in [1.807, 2.05) is 13.8 Å². The van der Waals surface area contributed by atoms with Gasteiger partial charge in [-0.25, -0.2) is 0 Å². The lowest BCUT2D eigenvalue weighted by atomic mass is 9.98. The van der Waals surface area contributed by atoms with E-state index in [1.54, 1.807) is 0 Å². The number of pyridine rings is 1. The lowest BCUT2D eigenvalue weighted by Crippen LogP contribution is -2.39.